The van der Waals surface area contributed by atoms with Crippen LogP contribution in [-0.4, -0.2) is 9.97 Å². The molecule has 17 heavy (non-hydrogen) atoms. The van der Waals surface area contributed by atoms with Crippen LogP contribution in [0.3, 0.4) is 0 Å². The predicted octanol–water partition coefficient (Wildman–Crippen LogP) is 3.68. The molecule has 0 atom stereocenters. The molecule has 1 aromatic carbocycles. The molecular formula is C12H11BrFN3. The molecule has 0 saturated heterocycles. The molecule has 0 unspecified atom stereocenters. The molecule has 3 nitrogen and oxygen atoms in total. The number of nitrogens with one attached hydrogen (secondary N) is 1. The van der Waals surface area contributed by atoms with Crippen LogP contribution in [0, 0.1) is 5.82 Å². The Kier molecular flexibility index (Phi) is 3.68. The molecule has 0 aliphatic carbocycles. The largest absolute Gasteiger partial charge is 0.338 e. The summed E-state index contributed by atoms with van der Waals surface area (Å²) in [5.74, 6) is 0.979. The van der Waals surface area contributed by atoms with E-state index in [9.17, 15) is 4.39 Å². The minimum Gasteiger partial charge on any atom is -0.338 e. The van der Waals surface area contributed by atoms with E-state index in [2.05, 4.69) is 31.2 Å². The van der Waals surface area contributed by atoms with Crippen LogP contribution in [0.25, 0.3) is 0 Å². The Bertz CT molecular complexity index is 531. The van der Waals surface area contributed by atoms with E-state index in [4.69, 9.17) is 0 Å². The second-order valence-corrected chi connectivity index (χ2v) is 4.26. The highest BCUT2D eigenvalue weighted by Crippen LogP contribution is 2.20. The van der Waals surface area contributed by atoms with Crippen molar-refractivity contribution in [1.29, 1.82) is 0 Å². The van der Waals surface area contributed by atoms with E-state index in [1.807, 2.05) is 6.92 Å². The van der Waals surface area contributed by atoms with Crippen LogP contribution in [0.4, 0.5) is 15.9 Å². The smallest absolute Gasteiger partial charge is 0.146 e. The van der Waals surface area contributed by atoms with Crippen LogP contribution in [0.5, 0.6) is 0 Å². The van der Waals surface area contributed by atoms with Crippen LogP contribution >= 0.6 is 15.9 Å². The van der Waals surface area contributed by atoms with E-state index in [0.717, 1.165) is 6.42 Å². The van der Waals surface area contributed by atoms with Gasteiger partial charge in [0.05, 0.1) is 5.69 Å². The van der Waals surface area contributed by atoms with Gasteiger partial charge in [-0.1, -0.05) is 19.1 Å². The maximum absolute atomic E-state index is 13.4. The number of aromatic nitrogens is 2. The Morgan fingerprint density at radius 2 is 2.06 bits per heavy atom. The Morgan fingerprint density at radius 1 is 1.29 bits per heavy atom. The molecule has 0 bridgehead atoms. The lowest BCUT2D eigenvalue weighted by Crippen LogP contribution is -2.00. The van der Waals surface area contributed by atoms with Crippen LogP contribution in [-0.2, 0) is 6.42 Å². The molecule has 2 aromatic rings. The fourth-order valence-corrected chi connectivity index (χ4v) is 1.81. The van der Waals surface area contributed by atoms with Gasteiger partial charge in [0.25, 0.3) is 0 Å². The number of anilines is 2. The maximum Gasteiger partial charge on any atom is 0.146 e. The van der Waals surface area contributed by atoms with E-state index >= 15 is 0 Å². The van der Waals surface area contributed by atoms with Crippen molar-refractivity contribution >= 4 is 27.4 Å². The monoisotopic (exact) mass is 295 g/mol. The molecular weight excluding hydrogens is 285 g/mol. The number of halogens is 2. The van der Waals surface area contributed by atoms with E-state index in [1.54, 1.807) is 24.3 Å². The number of benzene rings is 1. The van der Waals surface area contributed by atoms with Gasteiger partial charge in [-0.2, -0.15) is 0 Å². The first-order valence-electron chi connectivity index (χ1n) is 5.24. The lowest BCUT2D eigenvalue weighted by Gasteiger charge is -2.07. The topological polar surface area (TPSA) is 37.8 Å². The summed E-state index contributed by atoms with van der Waals surface area (Å²) in [7, 11) is 0. The summed E-state index contributed by atoms with van der Waals surface area (Å²) in [5.41, 5.74) is 0.403. The Balaban J connectivity index is 2.30. The van der Waals surface area contributed by atoms with Crippen molar-refractivity contribution < 1.29 is 4.39 Å². The van der Waals surface area contributed by atoms with Gasteiger partial charge in [0, 0.05) is 12.5 Å². The normalized spacial score (nSPS) is 10.3. The first-order valence-corrected chi connectivity index (χ1v) is 6.03. The third-order valence-corrected chi connectivity index (χ3v) is 2.60. The third kappa shape index (κ3) is 3.00. The quantitative estimate of drug-likeness (QED) is 0.878. The van der Waals surface area contributed by atoms with Gasteiger partial charge in [-0.25, -0.2) is 14.4 Å². The summed E-state index contributed by atoms with van der Waals surface area (Å²) in [6.45, 7) is 1.97. The van der Waals surface area contributed by atoms with Crippen LogP contribution in [0.2, 0.25) is 0 Å². The molecule has 0 radical (unpaired) electrons. The van der Waals surface area contributed by atoms with Crippen molar-refractivity contribution in [1.82, 2.24) is 9.97 Å². The lowest BCUT2D eigenvalue weighted by molar-refractivity contribution is 0.631. The molecule has 0 amide bonds. The van der Waals surface area contributed by atoms with Crippen LogP contribution in [0.1, 0.15) is 12.7 Å². The number of para-hydroxylation sites is 1. The Hall–Kier alpha value is -1.49. The van der Waals surface area contributed by atoms with Crippen molar-refractivity contribution in [3.63, 3.8) is 0 Å². The lowest BCUT2D eigenvalue weighted by atomic mass is 10.3. The summed E-state index contributed by atoms with van der Waals surface area (Å²) in [5, 5.41) is 2.93. The first kappa shape index (κ1) is 12.0. The van der Waals surface area contributed by atoms with Gasteiger partial charge in [-0.05, 0) is 28.1 Å². The highest BCUT2D eigenvalue weighted by Gasteiger charge is 2.04. The zero-order valence-corrected chi connectivity index (χ0v) is 10.8. The van der Waals surface area contributed by atoms with Gasteiger partial charge < -0.3 is 5.32 Å². The van der Waals surface area contributed by atoms with Gasteiger partial charge in [-0.15, -0.1) is 0 Å². The second kappa shape index (κ2) is 5.23. The number of hydrogen-bond acceptors (Lipinski definition) is 3. The summed E-state index contributed by atoms with van der Waals surface area (Å²) < 4.78 is 14.1. The van der Waals surface area contributed by atoms with Crippen molar-refractivity contribution in [2.45, 2.75) is 13.3 Å². The van der Waals surface area contributed by atoms with E-state index in [0.29, 0.717) is 21.9 Å². The number of rotatable bonds is 3. The van der Waals surface area contributed by atoms with Gasteiger partial charge in [0.1, 0.15) is 22.1 Å². The molecule has 2 rings (SSSR count). The summed E-state index contributed by atoms with van der Waals surface area (Å²) >= 11 is 3.30. The van der Waals surface area contributed by atoms with Gasteiger partial charge >= 0.3 is 0 Å². The van der Waals surface area contributed by atoms with E-state index in [-0.39, 0.29) is 5.82 Å². The van der Waals surface area contributed by atoms with Crippen LogP contribution < -0.4 is 5.32 Å². The van der Waals surface area contributed by atoms with Crippen molar-refractivity contribution in [3.8, 4) is 0 Å². The predicted molar refractivity (Wildman–Crippen MR) is 68.8 cm³/mol. The molecule has 1 aromatic heterocycles. The number of hydrogen-bond donors (Lipinski definition) is 1. The molecule has 5 heteroatoms. The second-order valence-electron chi connectivity index (χ2n) is 3.45. The number of nitrogens with zero attached hydrogens (tertiary/aromatic N) is 2. The first-order chi connectivity index (χ1) is 8.19. The molecule has 0 saturated carbocycles. The highest BCUT2D eigenvalue weighted by molar-refractivity contribution is 9.10. The average molecular weight is 296 g/mol. The molecule has 0 aliphatic rings. The standard InChI is InChI=1S/C12H11BrFN3/c1-2-11-16-10(13)7-12(17-11)15-9-6-4-3-5-8(9)14/h3-7H,2H2,1H3,(H,15,16,17). The molecule has 1 heterocycles. The van der Waals surface area contributed by atoms with Gasteiger partial charge in [-0.3, -0.25) is 0 Å². The SMILES string of the molecule is CCc1nc(Br)cc(Nc2ccccc2F)n1. The van der Waals surface area contributed by atoms with Gasteiger partial charge in [0.2, 0.25) is 0 Å². The van der Waals surface area contributed by atoms with E-state index in [1.165, 1.54) is 6.07 Å². The minimum atomic E-state index is -0.305. The summed E-state index contributed by atoms with van der Waals surface area (Å²) in [4.78, 5) is 8.46. The molecule has 0 fully saturated rings. The maximum atomic E-state index is 13.4. The van der Waals surface area contributed by atoms with E-state index < -0.39 is 0 Å². The fourth-order valence-electron chi connectivity index (χ4n) is 1.39. The third-order valence-electron chi connectivity index (χ3n) is 2.19. The fraction of sp³-hybridized carbons (Fsp3) is 0.167. The number of aryl methyl sites for hydroxylation is 1. The average Bonchev–Trinajstić information content (AvgIpc) is 2.31. The van der Waals surface area contributed by atoms with Crippen molar-refractivity contribution in [2.75, 3.05) is 5.32 Å². The van der Waals surface area contributed by atoms with Gasteiger partial charge in [0.15, 0.2) is 0 Å². The molecule has 1 N–H and O–H groups in total. The molecule has 88 valence electrons. The zero-order chi connectivity index (χ0) is 12.3. The minimum absolute atomic E-state index is 0.305. The van der Waals surface area contributed by atoms with Crippen molar-refractivity contribution in [3.05, 3.63) is 46.6 Å². The van der Waals surface area contributed by atoms with Crippen molar-refractivity contribution in [2.24, 2.45) is 0 Å². The van der Waals surface area contributed by atoms with Crippen LogP contribution in [0.15, 0.2) is 34.9 Å². The highest BCUT2D eigenvalue weighted by atomic mass is 79.9. The summed E-state index contributed by atoms with van der Waals surface area (Å²) in [6, 6.07) is 8.19. The Labute approximate surface area is 107 Å². The Morgan fingerprint density at radius 3 is 2.76 bits per heavy atom. The molecule has 0 spiro atoms. The molecule has 0 aliphatic heterocycles. The zero-order valence-electron chi connectivity index (χ0n) is 9.24. The summed E-state index contributed by atoms with van der Waals surface area (Å²) in [6.07, 6.45) is 0.728.